The van der Waals surface area contributed by atoms with Crippen molar-refractivity contribution in [3.8, 4) is 0 Å². The molecule has 0 heterocycles. The monoisotopic (exact) mass is 279 g/mol. The van der Waals surface area contributed by atoms with Crippen molar-refractivity contribution in [1.29, 1.82) is 0 Å². The number of hydrogen-bond donors (Lipinski definition) is 3. The Kier molecular flexibility index (Phi) is 5.52. The number of hydrogen-bond acceptors (Lipinski definition) is 5. The van der Waals surface area contributed by atoms with Crippen LogP contribution in [0, 0.1) is 5.92 Å². The van der Waals surface area contributed by atoms with Gasteiger partial charge in [0, 0.05) is 0 Å². The molecule has 0 radical (unpaired) electrons. The predicted molar refractivity (Wildman–Crippen MR) is 78.3 cm³/mol. The smallest absolute Gasteiger partial charge is 0.337 e. The summed E-state index contributed by atoms with van der Waals surface area (Å²) in [5, 5.41) is 2.66. The van der Waals surface area contributed by atoms with Crippen LogP contribution >= 0.6 is 0 Å². The number of methoxy groups -OCH3 is 1. The molecule has 6 heteroatoms. The van der Waals surface area contributed by atoms with E-state index in [2.05, 4.69) is 10.1 Å². The van der Waals surface area contributed by atoms with Gasteiger partial charge in [-0.2, -0.15) is 0 Å². The van der Waals surface area contributed by atoms with Crippen LogP contribution in [0.25, 0.3) is 0 Å². The molecule has 1 atom stereocenters. The highest BCUT2D eigenvalue weighted by atomic mass is 16.5. The zero-order valence-electron chi connectivity index (χ0n) is 12.0. The zero-order chi connectivity index (χ0) is 15.3. The lowest BCUT2D eigenvalue weighted by Crippen LogP contribution is -2.36. The summed E-state index contributed by atoms with van der Waals surface area (Å²) in [5.74, 6) is -0.447. The van der Waals surface area contributed by atoms with Crippen molar-refractivity contribution >= 4 is 23.3 Å². The summed E-state index contributed by atoms with van der Waals surface area (Å²) < 4.78 is 4.59. The Morgan fingerprint density at radius 3 is 2.50 bits per heavy atom. The van der Waals surface area contributed by atoms with Gasteiger partial charge in [-0.1, -0.05) is 13.8 Å². The van der Waals surface area contributed by atoms with Gasteiger partial charge >= 0.3 is 5.97 Å². The van der Waals surface area contributed by atoms with Gasteiger partial charge in [-0.05, 0) is 30.5 Å². The molecule has 0 aliphatic carbocycles. The summed E-state index contributed by atoms with van der Waals surface area (Å²) in [7, 11) is 1.29. The van der Waals surface area contributed by atoms with Crippen molar-refractivity contribution in [2.75, 3.05) is 18.2 Å². The molecular weight excluding hydrogens is 258 g/mol. The quantitative estimate of drug-likeness (QED) is 0.557. The van der Waals surface area contributed by atoms with E-state index >= 15 is 0 Å². The van der Waals surface area contributed by atoms with E-state index in [0.29, 0.717) is 23.6 Å². The molecule has 20 heavy (non-hydrogen) atoms. The van der Waals surface area contributed by atoms with Crippen LogP contribution < -0.4 is 16.8 Å². The van der Waals surface area contributed by atoms with Gasteiger partial charge in [0.2, 0.25) is 5.91 Å². The van der Waals surface area contributed by atoms with Crippen molar-refractivity contribution in [2.24, 2.45) is 11.7 Å². The molecule has 1 aromatic carbocycles. The fraction of sp³-hybridized carbons (Fsp3) is 0.429. The van der Waals surface area contributed by atoms with Crippen LogP contribution in [-0.4, -0.2) is 25.0 Å². The average molecular weight is 279 g/mol. The van der Waals surface area contributed by atoms with Crippen molar-refractivity contribution in [1.82, 2.24) is 0 Å². The van der Waals surface area contributed by atoms with Crippen LogP contribution in [0.4, 0.5) is 11.4 Å². The summed E-state index contributed by atoms with van der Waals surface area (Å²) in [6, 6.07) is 3.96. The first-order chi connectivity index (χ1) is 9.35. The van der Waals surface area contributed by atoms with Gasteiger partial charge in [-0.25, -0.2) is 4.79 Å². The molecule has 1 amide bonds. The number of anilines is 2. The molecule has 0 saturated heterocycles. The second-order valence-corrected chi connectivity index (χ2v) is 5.02. The van der Waals surface area contributed by atoms with Crippen molar-refractivity contribution in [2.45, 2.75) is 26.3 Å². The average Bonchev–Trinajstić information content (AvgIpc) is 2.39. The zero-order valence-corrected chi connectivity index (χ0v) is 12.0. The Hall–Kier alpha value is -2.08. The lowest BCUT2D eigenvalue weighted by molar-refractivity contribution is -0.117. The number of ether oxygens (including phenoxy) is 1. The van der Waals surface area contributed by atoms with Crippen LogP contribution in [0.1, 0.15) is 30.6 Å². The second-order valence-electron chi connectivity index (χ2n) is 5.02. The lowest BCUT2D eigenvalue weighted by atomic mass is 10.0. The molecule has 0 aromatic heterocycles. The highest BCUT2D eigenvalue weighted by Gasteiger charge is 2.16. The van der Waals surface area contributed by atoms with Gasteiger partial charge < -0.3 is 21.5 Å². The van der Waals surface area contributed by atoms with E-state index in [4.69, 9.17) is 11.5 Å². The lowest BCUT2D eigenvalue weighted by Gasteiger charge is -2.15. The van der Waals surface area contributed by atoms with Crippen molar-refractivity contribution in [3.05, 3.63) is 23.8 Å². The van der Waals surface area contributed by atoms with Gasteiger partial charge in [0.25, 0.3) is 0 Å². The number of amides is 1. The maximum absolute atomic E-state index is 11.9. The summed E-state index contributed by atoms with van der Waals surface area (Å²) in [6.07, 6.45) is 0.589. The van der Waals surface area contributed by atoms with E-state index in [1.807, 2.05) is 13.8 Å². The van der Waals surface area contributed by atoms with E-state index in [1.165, 1.54) is 19.2 Å². The minimum atomic E-state index is -0.588. The Bertz CT molecular complexity index is 500. The van der Waals surface area contributed by atoms with Gasteiger partial charge in [0.1, 0.15) is 0 Å². The van der Waals surface area contributed by atoms with Gasteiger partial charge in [-0.15, -0.1) is 0 Å². The third kappa shape index (κ3) is 4.24. The molecule has 110 valence electrons. The standard InChI is InChI=1S/C14H21N3O3/c1-8(2)6-11(16)13(18)17-12-5-4-9(7-10(12)15)14(19)20-3/h4-5,7-8,11H,6,15-16H2,1-3H3,(H,17,18)/t11-/m0/s1. The predicted octanol–water partition coefficient (Wildman–Crippen LogP) is 1.37. The number of nitrogen functional groups attached to an aromatic ring is 1. The fourth-order valence-corrected chi connectivity index (χ4v) is 1.76. The molecule has 0 aliphatic rings. The molecule has 6 nitrogen and oxygen atoms in total. The third-order valence-corrected chi connectivity index (χ3v) is 2.79. The summed E-state index contributed by atoms with van der Waals surface area (Å²) >= 11 is 0. The maximum atomic E-state index is 11.9. The fourth-order valence-electron chi connectivity index (χ4n) is 1.76. The highest BCUT2D eigenvalue weighted by Crippen LogP contribution is 2.20. The Labute approximate surface area is 118 Å². The molecular formula is C14H21N3O3. The molecule has 0 saturated carbocycles. The minimum absolute atomic E-state index is 0.290. The summed E-state index contributed by atoms with van der Waals surface area (Å²) in [4.78, 5) is 23.2. The number of carbonyl (C=O) groups is 2. The number of benzene rings is 1. The third-order valence-electron chi connectivity index (χ3n) is 2.79. The van der Waals surface area contributed by atoms with Crippen LogP contribution in [0.2, 0.25) is 0 Å². The molecule has 0 fully saturated rings. The second kappa shape index (κ2) is 6.91. The largest absolute Gasteiger partial charge is 0.465 e. The number of carbonyl (C=O) groups excluding carboxylic acids is 2. The van der Waals surface area contributed by atoms with E-state index < -0.39 is 12.0 Å². The maximum Gasteiger partial charge on any atom is 0.337 e. The highest BCUT2D eigenvalue weighted by molar-refractivity contribution is 5.99. The first-order valence-electron chi connectivity index (χ1n) is 6.39. The van der Waals surface area contributed by atoms with Gasteiger partial charge in [0.15, 0.2) is 0 Å². The Morgan fingerprint density at radius 2 is 2.00 bits per heavy atom. The first-order valence-corrected chi connectivity index (χ1v) is 6.39. The normalized spacial score (nSPS) is 12.1. The van der Waals surface area contributed by atoms with Crippen molar-refractivity contribution < 1.29 is 14.3 Å². The van der Waals surface area contributed by atoms with Crippen LogP contribution in [0.5, 0.6) is 0 Å². The number of nitrogens with one attached hydrogen (secondary N) is 1. The minimum Gasteiger partial charge on any atom is -0.465 e. The molecule has 0 spiro atoms. The molecule has 0 aliphatic heterocycles. The molecule has 0 unspecified atom stereocenters. The van der Waals surface area contributed by atoms with E-state index in [9.17, 15) is 9.59 Å². The number of nitrogens with two attached hydrogens (primary N) is 2. The molecule has 1 aromatic rings. The summed E-state index contributed by atoms with van der Waals surface area (Å²) in [6.45, 7) is 3.99. The van der Waals surface area contributed by atoms with Crippen LogP contribution in [-0.2, 0) is 9.53 Å². The Balaban J connectivity index is 2.78. The molecule has 5 N–H and O–H groups in total. The molecule has 0 bridgehead atoms. The van der Waals surface area contributed by atoms with E-state index in [0.717, 1.165) is 0 Å². The van der Waals surface area contributed by atoms with E-state index in [-0.39, 0.29) is 11.6 Å². The SMILES string of the molecule is COC(=O)c1ccc(NC(=O)[C@@H](N)CC(C)C)c(N)c1. The molecule has 1 rings (SSSR count). The Morgan fingerprint density at radius 1 is 1.35 bits per heavy atom. The van der Waals surface area contributed by atoms with Crippen LogP contribution in [0.15, 0.2) is 18.2 Å². The van der Waals surface area contributed by atoms with Gasteiger partial charge in [0.05, 0.1) is 30.1 Å². The summed E-state index contributed by atoms with van der Waals surface area (Å²) in [5.41, 5.74) is 12.6. The number of esters is 1. The van der Waals surface area contributed by atoms with Gasteiger partial charge in [-0.3, -0.25) is 4.79 Å². The topological polar surface area (TPSA) is 107 Å². The first kappa shape index (κ1) is 16.0. The number of rotatable bonds is 5. The van der Waals surface area contributed by atoms with Crippen LogP contribution in [0.3, 0.4) is 0 Å². The van der Waals surface area contributed by atoms with E-state index in [1.54, 1.807) is 6.07 Å². The van der Waals surface area contributed by atoms with Crippen molar-refractivity contribution in [3.63, 3.8) is 0 Å².